The van der Waals surface area contributed by atoms with Crippen molar-refractivity contribution in [2.45, 2.75) is 6.54 Å². The molecular weight excluding hydrogens is 324 g/mol. The molecule has 2 rings (SSSR count). The minimum Gasteiger partial charge on any atom is -0.497 e. The van der Waals surface area contributed by atoms with E-state index in [0.717, 1.165) is 11.3 Å². The van der Waals surface area contributed by atoms with Crippen LogP contribution in [0.2, 0.25) is 0 Å². The molecule has 0 atom stereocenters. The first kappa shape index (κ1) is 14.3. The van der Waals surface area contributed by atoms with Gasteiger partial charge in [-0.3, -0.25) is 10.1 Å². The predicted molar refractivity (Wildman–Crippen MR) is 81.1 cm³/mol. The van der Waals surface area contributed by atoms with E-state index in [0.29, 0.717) is 16.7 Å². The Kier molecular flexibility index (Phi) is 4.57. The summed E-state index contributed by atoms with van der Waals surface area (Å²) in [5.74, 6) is 0.781. The Morgan fingerprint density at radius 3 is 2.55 bits per heavy atom. The average molecular weight is 337 g/mol. The van der Waals surface area contributed by atoms with Crippen LogP contribution in [0.25, 0.3) is 0 Å². The van der Waals surface area contributed by atoms with E-state index in [-0.39, 0.29) is 5.69 Å². The molecule has 104 valence electrons. The summed E-state index contributed by atoms with van der Waals surface area (Å²) < 4.78 is 5.76. The maximum absolute atomic E-state index is 11.0. The van der Waals surface area contributed by atoms with Gasteiger partial charge in [-0.1, -0.05) is 28.1 Å². The van der Waals surface area contributed by atoms with Crippen molar-refractivity contribution in [3.05, 3.63) is 62.6 Å². The summed E-state index contributed by atoms with van der Waals surface area (Å²) in [4.78, 5) is 10.6. The quantitative estimate of drug-likeness (QED) is 0.662. The van der Waals surface area contributed by atoms with Gasteiger partial charge in [0.25, 0.3) is 5.69 Å². The number of hydrogen-bond donors (Lipinski definition) is 1. The van der Waals surface area contributed by atoms with Crippen LogP contribution in [0.4, 0.5) is 11.4 Å². The Hall–Kier alpha value is -2.08. The molecule has 0 radical (unpaired) electrons. The van der Waals surface area contributed by atoms with Crippen LogP contribution >= 0.6 is 15.9 Å². The summed E-state index contributed by atoms with van der Waals surface area (Å²) in [6.45, 7) is 0.506. The van der Waals surface area contributed by atoms with E-state index in [9.17, 15) is 10.1 Å². The zero-order valence-electron chi connectivity index (χ0n) is 10.8. The Morgan fingerprint density at radius 1 is 1.25 bits per heavy atom. The molecule has 2 aromatic carbocycles. The molecule has 0 aromatic heterocycles. The van der Waals surface area contributed by atoms with Crippen molar-refractivity contribution in [2.24, 2.45) is 0 Å². The topological polar surface area (TPSA) is 64.4 Å². The van der Waals surface area contributed by atoms with E-state index < -0.39 is 4.92 Å². The maximum atomic E-state index is 11.0. The van der Waals surface area contributed by atoms with Crippen LogP contribution in [0.15, 0.2) is 46.9 Å². The maximum Gasteiger partial charge on any atom is 0.293 e. The number of nitrogens with zero attached hydrogens (tertiary/aromatic N) is 1. The van der Waals surface area contributed by atoms with Gasteiger partial charge >= 0.3 is 0 Å². The van der Waals surface area contributed by atoms with Crippen molar-refractivity contribution in [1.82, 2.24) is 0 Å². The summed E-state index contributed by atoms with van der Waals surface area (Å²) in [6, 6.07) is 12.5. The van der Waals surface area contributed by atoms with Gasteiger partial charge in [0, 0.05) is 17.1 Å². The molecule has 0 aliphatic rings. The molecule has 0 fully saturated rings. The second kappa shape index (κ2) is 6.38. The first-order chi connectivity index (χ1) is 9.60. The van der Waals surface area contributed by atoms with Crippen LogP contribution in [0.5, 0.6) is 5.75 Å². The Bertz CT molecular complexity index is 614. The molecule has 0 heterocycles. The van der Waals surface area contributed by atoms with Crippen molar-refractivity contribution in [3.63, 3.8) is 0 Å². The van der Waals surface area contributed by atoms with Gasteiger partial charge in [0.05, 0.1) is 12.0 Å². The second-order valence-corrected chi connectivity index (χ2v) is 5.04. The number of methoxy groups -OCH3 is 1. The largest absolute Gasteiger partial charge is 0.497 e. The molecule has 0 spiro atoms. The van der Waals surface area contributed by atoms with Gasteiger partial charge in [0.2, 0.25) is 0 Å². The number of hydrogen-bond acceptors (Lipinski definition) is 4. The van der Waals surface area contributed by atoms with E-state index in [1.807, 2.05) is 24.3 Å². The smallest absolute Gasteiger partial charge is 0.293 e. The molecule has 0 aliphatic carbocycles. The van der Waals surface area contributed by atoms with Gasteiger partial charge < -0.3 is 10.1 Å². The Balaban J connectivity index is 2.12. The standard InChI is InChI=1S/C14H13BrN2O3/c1-20-12-5-2-10(3-6-12)9-16-13-7-4-11(15)8-14(13)17(18)19/h2-8,16H,9H2,1H3. The van der Waals surface area contributed by atoms with Crippen LogP contribution < -0.4 is 10.1 Å². The van der Waals surface area contributed by atoms with Crippen molar-refractivity contribution in [3.8, 4) is 5.75 Å². The average Bonchev–Trinajstić information content (AvgIpc) is 2.46. The van der Waals surface area contributed by atoms with E-state index in [1.54, 1.807) is 19.2 Å². The van der Waals surface area contributed by atoms with Gasteiger partial charge in [-0.2, -0.15) is 0 Å². The highest BCUT2D eigenvalue weighted by molar-refractivity contribution is 9.10. The monoisotopic (exact) mass is 336 g/mol. The fourth-order valence-electron chi connectivity index (χ4n) is 1.75. The number of nitro benzene ring substituents is 1. The van der Waals surface area contributed by atoms with E-state index >= 15 is 0 Å². The normalized spacial score (nSPS) is 10.1. The highest BCUT2D eigenvalue weighted by Gasteiger charge is 2.13. The highest BCUT2D eigenvalue weighted by atomic mass is 79.9. The van der Waals surface area contributed by atoms with Crippen LogP contribution in [-0.2, 0) is 6.54 Å². The SMILES string of the molecule is COc1ccc(CNc2ccc(Br)cc2[N+](=O)[O-])cc1. The van der Waals surface area contributed by atoms with Crippen molar-refractivity contribution in [2.75, 3.05) is 12.4 Å². The molecule has 0 bridgehead atoms. The Morgan fingerprint density at radius 2 is 1.95 bits per heavy atom. The molecule has 1 N–H and O–H groups in total. The number of ether oxygens (including phenoxy) is 1. The minimum atomic E-state index is -0.402. The van der Waals surface area contributed by atoms with Gasteiger partial charge in [-0.25, -0.2) is 0 Å². The lowest BCUT2D eigenvalue weighted by Crippen LogP contribution is -2.02. The zero-order valence-corrected chi connectivity index (χ0v) is 12.4. The summed E-state index contributed by atoms with van der Waals surface area (Å²) in [5, 5.41) is 14.1. The number of benzene rings is 2. The predicted octanol–water partition coefficient (Wildman–Crippen LogP) is 3.98. The van der Waals surface area contributed by atoms with Gasteiger partial charge in [-0.15, -0.1) is 0 Å². The minimum absolute atomic E-state index is 0.0490. The van der Waals surface area contributed by atoms with Crippen LogP contribution in [0, 0.1) is 10.1 Å². The summed E-state index contributed by atoms with van der Waals surface area (Å²) in [7, 11) is 1.61. The number of rotatable bonds is 5. The first-order valence-corrected chi connectivity index (χ1v) is 6.70. The molecule has 0 saturated carbocycles. The molecule has 0 aliphatic heterocycles. The molecular formula is C14H13BrN2O3. The van der Waals surface area contributed by atoms with E-state index in [2.05, 4.69) is 21.2 Å². The Labute approximate surface area is 124 Å². The fourth-order valence-corrected chi connectivity index (χ4v) is 2.10. The molecule has 0 unspecified atom stereocenters. The molecule has 20 heavy (non-hydrogen) atoms. The van der Waals surface area contributed by atoms with Crippen LogP contribution in [0.3, 0.4) is 0 Å². The van der Waals surface area contributed by atoms with Crippen molar-refractivity contribution in [1.29, 1.82) is 0 Å². The number of halogens is 1. The summed E-state index contributed by atoms with van der Waals surface area (Å²) in [6.07, 6.45) is 0. The van der Waals surface area contributed by atoms with Gasteiger partial charge in [0.15, 0.2) is 0 Å². The van der Waals surface area contributed by atoms with Crippen molar-refractivity contribution >= 4 is 27.3 Å². The lowest BCUT2D eigenvalue weighted by molar-refractivity contribution is -0.384. The van der Waals surface area contributed by atoms with Gasteiger partial charge in [0.1, 0.15) is 11.4 Å². The lowest BCUT2D eigenvalue weighted by atomic mass is 10.2. The molecule has 0 saturated heterocycles. The highest BCUT2D eigenvalue weighted by Crippen LogP contribution is 2.28. The molecule has 2 aromatic rings. The lowest BCUT2D eigenvalue weighted by Gasteiger charge is -2.08. The fraction of sp³-hybridized carbons (Fsp3) is 0.143. The number of anilines is 1. The van der Waals surface area contributed by atoms with Crippen molar-refractivity contribution < 1.29 is 9.66 Å². The summed E-state index contributed by atoms with van der Waals surface area (Å²) >= 11 is 3.23. The molecule has 6 heteroatoms. The molecule has 5 nitrogen and oxygen atoms in total. The second-order valence-electron chi connectivity index (χ2n) is 4.12. The number of nitro groups is 1. The van der Waals surface area contributed by atoms with E-state index in [4.69, 9.17) is 4.74 Å². The third-order valence-corrected chi connectivity index (χ3v) is 3.29. The van der Waals surface area contributed by atoms with E-state index in [1.165, 1.54) is 6.07 Å². The number of nitrogens with one attached hydrogen (secondary N) is 1. The third kappa shape index (κ3) is 3.48. The molecule has 0 amide bonds. The van der Waals surface area contributed by atoms with Crippen LogP contribution in [0.1, 0.15) is 5.56 Å². The third-order valence-electron chi connectivity index (χ3n) is 2.80. The zero-order chi connectivity index (χ0) is 14.5. The first-order valence-electron chi connectivity index (χ1n) is 5.91. The summed E-state index contributed by atoms with van der Waals surface area (Å²) in [5.41, 5.74) is 1.56. The van der Waals surface area contributed by atoms with Crippen LogP contribution in [-0.4, -0.2) is 12.0 Å². The van der Waals surface area contributed by atoms with Gasteiger partial charge in [-0.05, 0) is 29.8 Å².